The van der Waals surface area contributed by atoms with Crippen LogP contribution in [0.4, 0.5) is 11.4 Å². The first-order chi connectivity index (χ1) is 16.5. The van der Waals surface area contributed by atoms with Crippen LogP contribution < -0.4 is 19.3 Å². The lowest BCUT2D eigenvalue weighted by atomic mass is 9.91. The van der Waals surface area contributed by atoms with E-state index in [1.54, 1.807) is 31.1 Å². The molecule has 3 aromatic rings. The predicted octanol–water partition coefficient (Wildman–Crippen LogP) is 5.02. The molecule has 1 heterocycles. The number of rotatable bonds is 7. The number of amides is 2. The summed E-state index contributed by atoms with van der Waals surface area (Å²) < 4.78 is 10.6. The minimum absolute atomic E-state index is 0.0777. The van der Waals surface area contributed by atoms with E-state index in [-0.39, 0.29) is 18.2 Å². The number of anilines is 2. The standard InChI is InChI=1S/C28H30N2O4/c1-5-19-8-6-7-9-25(19)29(2)28(32)24-18-26(31)30(21-12-16-23(34-4)17-13-21)27(24)20-10-14-22(33-3)15-11-20/h6-17,24,27H,5,18H2,1-4H3/t24-,27+/m0/s1. The van der Waals surface area contributed by atoms with Crippen molar-refractivity contribution in [1.29, 1.82) is 0 Å². The van der Waals surface area contributed by atoms with Crippen LogP contribution in [0.1, 0.15) is 30.5 Å². The fraction of sp³-hybridized carbons (Fsp3) is 0.286. The molecule has 2 atom stereocenters. The molecule has 3 aromatic carbocycles. The van der Waals surface area contributed by atoms with Gasteiger partial charge in [-0.15, -0.1) is 0 Å². The number of aryl methyl sites for hydroxylation is 1. The highest BCUT2D eigenvalue weighted by Crippen LogP contribution is 2.43. The zero-order chi connectivity index (χ0) is 24.2. The number of carbonyl (C=O) groups is 2. The third-order valence-electron chi connectivity index (χ3n) is 6.51. The number of para-hydroxylation sites is 1. The van der Waals surface area contributed by atoms with Crippen molar-refractivity contribution in [2.45, 2.75) is 25.8 Å². The summed E-state index contributed by atoms with van der Waals surface area (Å²) in [5.74, 6) is 0.742. The van der Waals surface area contributed by atoms with Gasteiger partial charge >= 0.3 is 0 Å². The van der Waals surface area contributed by atoms with Gasteiger partial charge in [0, 0.05) is 24.8 Å². The average Bonchev–Trinajstić information content (AvgIpc) is 3.24. The fourth-order valence-corrected chi connectivity index (χ4v) is 4.69. The summed E-state index contributed by atoms with van der Waals surface area (Å²) in [5.41, 5.74) is 3.59. The Bertz CT molecular complexity index is 1160. The van der Waals surface area contributed by atoms with Gasteiger partial charge in [-0.25, -0.2) is 0 Å². The van der Waals surface area contributed by atoms with E-state index in [0.29, 0.717) is 5.75 Å². The van der Waals surface area contributed by atoms with Gasteiger partial charge < -0.3 is 19.3 Å². The number of hydrogen-bond donors (Lipinski definition) is 0. The maximum atomic E-state index is 13.8. The smallest absolute Gasteiger partial charge is 0.232 e. The van der Waals surface area contributed by atoms with E-state index in [4.69, 9.17) is 9.47 Å². The van der Waals surface area contributed by atoms with Gasteiger partial charge in [-0.3, -0.25) is 9.59 Å². The lowest BCUT2D eigenvalue weighted by Crippen LogP contribution is -2.37. The largest absolute Gasteiger partial charge is 0.497 e. The number of methoxy groups -OCH3 is 2. The molecule has 0 unspecified atom stereocenters. The number of nitrogens with zero attached hydrogens (tertiary/aromatic N) is 2. The second-order valence-corrected chi connectivity index (χ2v) is 8.37. The molecule has 0 N–H and O–H groups in total. The molecule has 6 nitrogen and oxygen atoms in total. The Hall–Kier alpha value is -3.80. The summed E-state index contributed by atoms with van der Waals surface area (Å²) in [6, 6.07) is 22.4. The van der Waals surface area contributed by atoms with Crippen molar-refractivity contribution in [3.8, 4) is 11.5 Å². The highest BCUT2D eigenvalue weighted by Gasteiger charge is 2.46. The van der Waals surface area contributed by atoms with Gasteiger partial charge in [0.25, 0.3) is 0 Å². The molecule has 0 bridgehead atoms. The van der Waals surface area contributed by atoms with Crippen molar-refractivity contribution >= 4 is 23.2 Å². The van der Waals surface area contributed by atoms with Crippen LogP contribution >= 0.6 is 0 Å². The van der Waals surface area contributed by atoms with E-state index in [0.717, 1.165) is 34.7 Å². The van der Waals surface area contributed by atoms with Crippen molar-refractivity contribution in [3.63, 3.8) is 0 Å². The molecule has 0 aliphatic carbocycles. The zero-order valence-corrected chi connectivity index (χ0v) is 20.0. The SMILES string of the molecule is CCc1ccccc1N(C)C(=O)[C@H]1CC(=O)N(c2ccc(OC)cc2)[C@@H]1c1ccc(OC)cc1. The van der Waals surface area contributed by atoms with Gasteiger partial charge in [-0.1, -0.05) is 37.3 Å². The molecule has 1 saturated heterocycles. The number of carbonyl (C=O) groups excluding carboxylic acids is 2. The molecule has 1 aliphatic heterocycles. The summed E-state index contributed by atoms with van der Waals surface area (Å²) in [4.78, 5) is 30.6. The van der Waals surface area contributed by atoms with Crippen LogP contribution in [0.3, 0.4) is 0 Å². The second-order valence-electron chi connectivity index (χ2n) is 8.37. The van der Waals surface area contributed by atoms with Crippen LogP contribution in [-0.2, 0) is 16.0 Å². The maximum Gasteiger partial charge on any atom is 0.232 e. The van der Waals surface area contributed by atoms with Crippen LogP contribution in [0.15, 0.2) is 72.8 Å². The normalized spacial score (nSPS) is 17.5. The zero-order valence-electron chi connectivity index (χ0n) is 20.0. The molecule has 4 rings (SSSR count). The molecule has 2 amide bonds. The summed E-state index contributed by atoms with van der Waals surface area (Å²) in [7, 11) is 5.02. The number of ether oxygens (including phenoxy) is 2. The Kier molecular flexibility index (Phi) is 6.87. The maximum absolute atomic E-state index is 13.8. The van der Waals surface area contributed by atoms with Gasteiger partial charge in [0.2, 0.25) is 11.8 Å². The van der Waals surface area contributed by atoms with Gasteiger partial charge in [0.15, 0.2) is 0 Å². The molecule has 0 aromatic heterocycles. The Morgan fingerprint density at radius 2 is 1.53 bits per heavy atom. The highest BCUT2D eigenvalue weighted by molar-refractivity contribution is 6.05. The first kappa shape index (κ1) is 23.4. The van der Waals surface area contributed by atoms with E-state index in [1.807, 2.05) is 72.8 Å². The molecule has 0 spiro atoms. The van der Waals surface area contributed by atoms with Crippen molar-refractivity contribution in [2.75, 3.05) is 31.1 Å². The van der Waals surface area contributed by atoms with E-state index in [9.17, 15) is 9.59 Å². The van der Waals surface area contributed by atoms with Crippen molar-refractivity contribution < 1.29 is 19.1 Å². The van der Waals surface area contributed by atoms with Crippen LogP contribution in [0.5, 0.6) is 11.5 Å². The topological polar surface area (TPSA) is 59.1 Å². The minimum Gasteiger partial charge on any atom is -0.497 e. The third-order valence-corrected chi connectivity index (χ3v) is 6.51. The predicted molar refractivity (Wildman–Crippen MR) is 134 cm³/mol. The van der Waals surface area contributed by atoms with Crippen molar-refractivity contribution in [3.05, 3.63) is 83.9 Å². The summed E-state index contributed by atoms with van der Waals surface area (Å²) in [6.07, 6.45) is 0.956. The van der Waals surface area contributed by atoms with Crippen LogP contribution in [0.2, 0.25) is 0 Å². The van der Waals surface area contributed by atoms with Gasteiger partial charge in [0.1, 0.15) is 11.5 Å². The van der Waals surface area contributed by atoms with E-state index in [2.05, 4.69) is 6.92 Å². The fourth-order valence-electron chi connectivity index (χ4n) is 4.69. The quantitative estimate of drug-likeness (QED) is 0.499. The number of benzene rings is 3. The Morgan fingerprint density at radius 3 is 2.12 bits per heavy atom. The highest BCUT2D eigenvalue weighted by atomic mass is 16.5. The van der Waals surface area contributed by atoms with Crippen molar-refractivity contribution in [1.82, 2.24) is 0 Å². The van der Waals surface area contributed by atoms with E-state index >= 15 is 0 Å². The molecule has 0 saturated carbocycles. The Balaban J connectivity index is 1.75. The monoisotopic (exact) mass is 458 g/mol. The molecular formula is C28H30N2O4. The second kappa shape index (κ2) is 10.00. The van der Waals surface area contributed by atoms with Gasteiger partial charge in [-0.2, -0.15) is 0 Å². The van der Waals surface area contributed by atoms with Gasteiger partial charge in [-0.05, 0) is 60.0 Å². The third kappa shape index (κ3) is 4.36. The minimum atomic E-state index is -0.530. The molecule has 34 heavy (non-hydrogen) atoms. The Morgan fingerprint density at radius 1 is 0.941 bits per heavy atom. The molecule has 0 radical (unpaired) electrons. The summed E-state index contributed by atoms with van der Waals surface area (Å²) in [6.45, 7) is 2.07. The number of hydrogen-bond acceptors (Lipinski definition) is 4. The summed E-state index contributed by atoms with van der Waals surface area (Å²) >= 11 is 0. The Labute approximate surface area is 200 Å². The first-order valence-electron chi connectivity index (χ1n) is 11.4. The molecule has 1 aliphatic rings. The molecule has 1 fully saturated rings. The average molecular weight is 459 g/mol. The van der Waals surface area contributed by atoms with E-state index in [1.165, 1.54) is 0 Å². The van der Waals surface area contributed by atoms with Crippen LogP contribution in [0, 0.1) is 5.92 Å². The molecule has 176 valence electrons. The van der Waals surface area contributed by atoms with Gasteiger partial charge in [0.05, 0.1) is 26.2 Å². The van der Waals surface area contributed by atoms with Crippen LogP contribution in [0.25, 0.3) is 0 Å². The van der Waals surface area contributed by atoms with E-state index < -0.39 is 12.0 Å². The van der Waals surface area contributed by atoms with Crippen LogP contribution in [-0.4, -0.2) is 33.1 Å². The summed E-state index contributed by atoms with van der Waals surface area (Å²) in [5, 5.41) is 0. The van der Waals surface area contributed by atoms with Crippen molar-refractivity contribution in [2.24, 2.45) is 5.92 Å². The lowest BCUT2D eigenvalue weighted by molar-refractivity contribution is -0.124. The molecular weight excluding hydrogens is 428 g/mol. The first-order valence-corrected chi connectivity index (χ1v) is 11.4. The molecule has 6 heteroatoms. The lowest BCUT2D eigenvalue weighted by Gasteiger charge is -2.31.